The van der Waals surface area contributed by atoms with E-state index < -0.39 is 4.83 Å². The van der Waals surface area contributed by atoms with Gasteiger partial charge in [0.1, 0.15) is 0 Å². The Bertz CT molecular complexity index is 500. The average Bonchev–Trinajstić information content (AvgIpc) is 2.29. The Balaban J connectivity index is 2.33. The molecule has 2 aromatic carbocycles. The Hall–Kier alpha value is -0.930. The highest BCUT2D eigenvalue weighted by molar-refractivity contribution is 9.09. The minimum Gasteiger partial charge on any atom is -0.188 e. The topological polar surface area (TPSA) is 0 Å². The largest absolute Gasteiger partial charge is 0.326 e. The molecule has 0 aliphatic heterocycles. The summed E-state index contributed by atoms with van der Waals surface area (Å²) in [7, 11) is 0. The van der Waals surface area contributed by atoms with Crippen LogP contribution < -0.4 is 0 Å². The second-order valence-electron chi connectivity index (χ2n) is 3.58. The molecule has 0 atom stereocenters. The van der Waals surface area contributed by atoms with Crippen molar-refractivity contribution in [2.45, 2.75) is 4.83 Å². The van der Waals surface area contributed by atoms with Crippen molar-refractivity contribution in [2.24, 2.45) is 0 Å². The lowest BCUT2D eigenvalue weighted by atomic mass is 10.0. The molecule has 0 unspecified atom stereocenters. The first-order valence-corrected chi connectivity index (χ1v) is 6.07. The molecule has 0 saturated carbocycles. The molecule has 88 valence electrons. The molecule has 0 radical (unpaired) electrons. The van der Waals surface area contributed by atoms with Crippen molar-refractivity contribution >= 4 is 27.5 Å². The van der Waals surface area contributed by atoms with Crippen molar-refractivity contribution in [3.63, 3.8) is 0 Å². The van der Waals surface area contributed by atoms with Crippen LogP contribution in [0.1, 0.15) is 5.56 Å². The fraction of sp³-hybridized carbons (Fsp3) is 0.0769. The van der Waals surface area contributed by atoms with Crippen LogP contribution >= 0.6 is 27.5 Å². The predicted octanol–water partition coefficient (Wildman–Crippen LogP) is 5.45. The summed E-state index contributed by atoms with van der Waals surface area (Å²) in [6.45, 7) is 0. The van der Waals surface area contributed by atoms with Crippen molar-refractivity contribution in [3.8, 4) is 11.1 Å². The number of halogens is 4. The molecule has 17 heavy (non-hydrogen) atoms. The predicted molar refractivity (Wildman–Crippen MR) is 69.7 cm³/mol. The molecule has 4 heteroatoms. The van der Waals surface area contributed by atoms with Crippen molar-refractivity contribution < 1.29 is 8.78 Å². The molecule has 0 nitrogen and oxygen atoms in total. The maximum atomic E-state index is 12.9. The molecule has 0 fully saturated rings. The fourth-order valence-electron chi connectivity index (χ4n) is 1.49. The molecular weight excluding hydrogens is 309 g/mol. The third-order valence-corrected chi connectivity index (χ3v) is 3.10. The summed E-state index contributed by atoms with van der Waals surface area (Å²) in [6, 6.07) is 13.4. The first-order chi connectivity index (χ1) is 7.97. The van der Waals surface area contributed by atoms with Gasteiger partial charge in [0.2, 0.25) is 0 Å². The molecule has 2 rings (SSSR count). The van der Waals surface area contributed by atoms with Crippen LogP contribution in [-0.4, -0.2) is 0 Å². The zero-order valence-electron chi connectivity index (χ0n) is 8.63. The van der Waals surface area contributed by atoms with Crippen LogP contribution in [0.25, 0.3) is 11.1 Å². The lowest BCUT2D eigenvalue weighted by Gasteiger charge is -2.09. The van der Waals surface area contributed by atoms with Crippen molar-refractivity contribution in [1.82, 2.24) is 0 Å². The van der Waals surface area contributed by atoms with Crippen LogP contribution in [0.5, 0.6) is 0 Å². The molecule has 0 saturated heterocycles. The van der Waals surface area contributed by atoms with Crippen LogP contribution in [0.2, 0.25) is 5.02 Å². The zero-order valence-corrected chi connectivity index (χ0v) is 11.0. The monoisotopic (exact) mass is 316 g/mol. The minimum atomic E-state index is -2.98. The van der Waals surface area contributed by atoms with Crippen LogP contribution in [-0.2, 0) is 4.83 Å². The molecule has 0 aromatic heterocycles. The molecule has 0 amide bonds. The third-order valence-electron chi connectivity index (χ3n) is 2.39. The van der Waals surface area contributed by atoms with Gasteiger partial charge in [-0.3, -0.25) is 0 Å². The molecule has 0 N–H and O–H groups in total. The van der Waals surface area contributed by atoms with Crippen molar-refractivity contribution in [2.75, 3.05) is 0 Å². The van der Waals surface area contributed by atoms with Gasteiger partial charge in [0, 0.05) is 10.6 Å². The molecule has 0 heterocycles. The second kappa shape index (κ2) is 4.75. The van der Waals surface area contributed by atoms with Gasteiger partial charge in [-0.05, 0) is 39.2 Å². The fourth-order valence-corrected chi connectivity index (χ4v) is 1.88. The normalized spacial score (nSPS) is 11.5. The van der Waals surface area contributed by atoms with Gasteiger partial charge >= 0.3 is 4.83 Å². The number of hydrogen-bond acceptors (Lipinski definition) is 0. The van der Waals surface area contributed by atoms with Gasteiger partial charge in [-0.1, -0.05) is 48.0 Å². The van der Waals surface area contributed by atoms with E-state index in [2.05, 4.69) is 15.9 Å². The van der Waals surface area contributed by atoms with Crippen LogP contribution in [0.4, 0.5) is 8.78 Å². The number of hydrogen-bond donors (Lipinski definition) is 0. The number of rotatable bonds is 2. The Morgan fingerprint density at radius 1 is 0.824 bits per heavy atom. The van der Waals surface area contributed by atoms with Gasteiger partial charge in [-0.25, -0.2) is 0 Å². The average molecular weight is 318 g/mol. The van der Waals surface area contributed by atoms with E-state index in [1.165, 1.54) is 12.1 Å². The smallest absolute Gasteiger partial charge is 0.188 e. The van der Waals surface area contributed by atoms with Gasteiger partial charge in [-0.15, -0.1) is 0 Å². The molecule has 2 aromatic rings. The first kappa shape index (κ1) is 12.5. The minimum absolute atomic E-state index is 0.0600. The Labute approximate surface area is 111 Å². The highest BCUT2D eigenvalue weighted by atomic mass is 79.9. The van der Waals surface area contributed by atoms with E-state index in [-0.39, 0.29) is 5.56 Å². The molecule has 0 aliphatic carbocycles. The summed E-state index contributed by atoms with van der Waals surface area (Å²) >= 11 is 8.11. The molecule has 0 bridgehead atoms. The van der Waals surface area contributed by atoms with Gasteiger partial charge in [0.05, 0.1) is 0 Å². The SMILES string of the molecule is FC(F)(Br)c1ccc(-c2ccc(Cl)cc2)cc1. The summed E-state index contributed by atoms with van der Waals surface area (Å²) in [5, 5.41) is 0.650. The van der Waals surface area contributed by atoms with Crippen LogP contribution in [0.15, 0.2) is 48.5 Å². The summed E-state index contributed by atoms with van der Waals surface area (Å²) in [5.74, 6) is 0. The van der Waals surface area contributed by atoms with E-state index in [9.17, 15) is 8.78 Å². The maximum Gasteiger partial charge on any atom is 0.326 e. The van der Waals surface area contributed by atoms with E-state index >= 15 is 0 Å². The van der Waals surface area contributed by atoms with Gasteiger partial charge in [-0.2, -0.15) is 8.78 Å². The zero-order chi connectivity index (χ0) is 12.5. The highest BCUT2D eigenvalue weighted by Gasteiger charge is 2.26. The Morgan fingerprint density at radius 2 is 1.24 bits per heavy atom. The van der Waals surface area contributed by atoms with Crippen molar-refractivity contribution in [3.05, 3.63) is 59.1 Å². The van der Waals surface area contributed by atoms with Gasteiger partial charge in [0.25, 0.3) is 0 Å². The first-order valence-electron chi connectivity index (χ1n) is 4.90. The molecule has 0 spiro atoms. The summed E-state index contributed by atoms with van der Waals surface area (Å²) in [4.78, 5) is -2.98. The van der Waals surface area contributed by atoms with Crippen molar-refractivity contribution in [1.29, 1.82) is 0 Å². The molecular formula is C13H8BrClF2. The molecule has 0 aliphatic rings. The second-order valence-corrected chi connectivity index (χ2v) is 5.01. The number of alkyl halides is 3. The van der Waals surface area contributed by atoms with E-state index in [0.717, 1.165) is 11.1 Å². The van der Waals surface area contributed by atoms with Gasteiger partial charge < -0.3 is 0 Å². The van der Waals surface area contributed by atoms with Crippen LogP contribution in [0.3, 0.4) is 0 Å². The number of benzene rings is 2. The van der Waals surface area contributed by atoms with Gasteiger partial charge in [0.15, 0.2) is 0 Å². The van der Waals surface area contributed by atoms with E-state index in [4.69, 9.17) is 11.6 Å². The Kier molecular flexibility index (Phi) is 3.50. The summed E-state index contributed by atoms with van der Waals surface area (Å²) < 4.78 is 25.9. The van der Waals surface area contributed by atoms with E-state index in [1.807, 2.05) is 12.1 Å². The lowest BCUT2D eigenvalue weighted by Crippen LogP contribution is -2.01. The van der Waals surface area contributed by atoms with E-state index in [1.54, 1.807) is 24.3 Å². The summed E-state index contributed by atoms with van der Waals surface area (Å²) in [5.41, 5.74) is 1.76. The quantitative estimate of drug-likeness (QED) is 0.646. The highest BCUT2D eigenvalue weighted by Crippen LogP contribution is 2.35. The van der Waals surface area contributed by atoms with E-state index in [0.29, 0.717) is 5.02 Å². The lowest BCUT2D eigenvalue weighted by molar-refractivity contribution is 0.114. The Morgan fingerprint density at radius 3 is 1.65 bits per heavy atom. The maximum absolute atomic E-state index is 12.9. The summed E-state index contributed by atoms with van der Waals surface area (Å²) in [6.07, 6.45) is 0. The third kappa shape index (κ3) is 3.05. The standard InChI is InChI=1S/C13H8BrClF2/c14-13(16,17)11-5-1-9(2-6-11)10-3-7-12(15)8-4-10/h1-8H. The van der Waals surface area contributed by atoms with Crippen LogP contribution in [0, 0.1) is 0 Å².